The van der Waals surface area contributed by atoms with Crippen LogP contribution in [0.25, 0.3) is 0 Å². The lowest BCUT2D eigenvalue weighted by Gasteiger charge is -2.52. The molecule has 0 saturated heterocycles. The summed E-state index contributed by atoms with van der Waals surface area (Å²) in [6.45, 7) is 9.17. The van der Waals surface area contributed by atoms with Crippen molar-refractivity contribution in [2.45, 2.75) is 53.1 Å². The fraction of sp³-hybridized carbons (Fsp3) is 0.882. The molecule has 110 valence electrons. The van der Waals surface area contributed by atoms with E-state index in [-0.39, 0.29) is 12.7 Å². The van der Waals surface area contributed by atoms with Gasteiger partial charge in [-0.2, -0.15) is 0 Å². The van der Waals surface area contributed by atoms with Crippen molar-refractivity contribution in [2.75, 3.05) is 6.61 Å². The Labute approximate surface area is 117 Å². The summed E-state index contributed by atoms with van der Waals surface area (Å²) in [5, 5.41) is 20.3. The zero-order valence-corrected chi connectivity index (χ0v) is 12.8. The molecule has 2 aliphatic carbocycles. The monoisotopic (exact) mass is 266 g/mol. The van der Waals surface area contributed by atoms with Crippen molar-refractivity contribution >= 4 is 0 Å². The summed E-state index contributed by atoms with van der Waals surface area (Å²) in [6.07, 6.45) is 5.22. The van der Waals surface area contributed by atoms with Crippen molar-refractivity contribution in [3.8, 4) is 0 Å². The molecule has 2 heteroatoms. The van der Waals surface area contributed by atoms with Gasteiger partial charge in [-0.1, -0.05) is 25.5 Å². The second-order valence-corrected chi connectivity index (χ2v) is 6.98. The molecule has 2 nitrogen and oxygen atoms in total. The number of hydrogen-bond donors (Lipinski definition) is 2. The van der Waals surface area contributed by atoms with Crippen molar-refractivity contribution in [1.29, 1.82) is 0 Å². The van der Waals surface area contributed by atoms with E-state index < -0.39 is 0 Å². The molecule has 0 bridgehead atoms. The minimum absolute atomic E-state index is 0.149. The third-order valence-corrected chi connectivity index (χ3v) is 5.97. The Balaban J connectivity index is 2.32. The van der Waals surface area contributed by atoms with Crippen LogP contribution in [-0.2, 0) is 0 Å². The van der Waals surface area contributed by atoms with Crippen LogP contribution >= 0.6 is 0 Å². The summed E-state index contributed by atoms with van der Waals surface area (Å²) in [7, 11) is 0. The largest absolute Gasteiger partial charge is 0.396 e. The molecular formula is C17H30O2. The molecule has 0 aliphatic heterocycles. The van der Waals surface area contributed by atoms with Gasteiger partial charge in [-0.3, -0.25) is 0 Å². The van der Waals surface area contributed by atoms with E-state index >= 15 is 0 Å². The van der Waals surface area contributed by atoms with Crippen molar-refractivity contribution in [3.05, 3.63) is 11.6 Å². The van der Waals surface area contributed by atoms with Crippen molar-refractivity contribution in [2.24, 2.45) is 35.5 Å². The van der Waals surface area contributed by atoms with Crippen LogP contribution in [0.1, 0.15) is 47.0 Å². The average Bonchev–Trinajstić information content (AvgIpc) is 2.40. The Morgan fingerprint density at radius 3 is 2.47 bits per heavy atom. The zero-order valence-electron chi connectivity index (χ0n) is 12.8. The molecule has 7 atom stereocenters. The molecular weight excluding hydrogens is 236 g/mol. The molecule has 19 heavy (non-hydrogen) atoms. The molecule has 2 aliphatic rings. The molecule has 0 amide bonds. The fourth-order valence-corrected chi connectivity index (χ4v) is 5.02. The highest BCUT2D eigenvalue weighted by molar-refractivity contribution is 5.11. The summed E-state index contributed by atoms with van der Waals surface area (Å²) in [6, 6.07) is 0. The number of fused-ring (bicyclic) bond motifs is 1. The molecule has 0 spiro atoms. The van der Waals surface area contributed by atoms with E-state index in [1.807, 2.05) is 0 Å². The predicted molar refractivity (Wildman–Crippen MR) is 78.7 cm³/mol. The molecule has 2 fully saturated rings. The lowest BCUT2D eigenvalue weighted by atomic mass is 9.53. The van der Waals surface area contributed by atoms with E-state index in [9.17, 15) is 10.2 Å². The number of hydrogen-bond acceptors (Lipinski definition) is 2. The Bertz CT molecular complexity index is 336. The van der Waals surface area contributed by atoms with Gasteiger partial charge >= 0.3 is 0 Å². The Kier molecular flexibility index (Phi) is 4.73. The molecule has 0 radical (unpaired) electrons. The van der Waals surface area contributed by atoms with Crippen LogP contribution in [0.15, 0.2) is 11.6 Å². The third-order valence-electron chi connectivity index (χ3n) is 5.97. The topological polar surface area (TPSA) is 40.5 Å². The summed E-state index contributed by atoms with van der Waals surface area (Å²) in [4.78, 5) is 0. The molecule has 0 aromatic heterocycles. The van der Waals surface area contributed by atoms with E-state index in [0.717, 1.165) is 19.3 Å². The highest BCUT2D eigenvalue weighted by Crippen LogP contribution is 2.52. The molecule has 0 aromatic rings. The van der Waals surface area contributed by atoms with Crippen LogP contribution in [0.3, 0.4) is 0 Å². The first-order valence-corrected chi connectivity index (χ1v) is 7.93. The van der Waals surface area contributed by atoms with Gasteiger partial charge in [-0.25, -0.2) is 0 Å². The number of aliphatic hydroxyl groups excluding tert-OH is 2. The van der Waals surface area contributed by atoms with Crippen LogP contribution in [0.2, 0.25) is 0 Å². The van der Waals surface area contributed by atoms with Gasteiger partial charge in [-0.15, -0.1) is 0 Å². The van der Waals surface area contributed by atoms with E-state index in [2.05, 4.69) is 33.8 Å². The smallest absolute Gasteiger partial charge is 0.0571 e. The molecule has 0 aromatic carbocycles. The second-order valence-electron chi connectivity index (χ2n) is 6.98. The minimum Gasteiger partial charge on any atom is -0.396 e. The molecule has 2 saturated carbocycles. The quantitative estimate of drug-likeness (QED) is 0.753. The van der Waals surface area contributed by atoms with Crippen LogP contribution < -0.4 is 0 Å². The summed E-state index contributed by atoms with van der Waals surface area (Å²) >= 11 is 0. The van der Waals surface area contributed by atoms with Crippen LogP contribution in [-0.4, -0.2) is 22.9 Å². The van der Waals surface area contributed by atoms with Crippen LogP contribution in [0.4, 0.5) is 0 Å². The maximum absolute atomic E-state index is 10.3. The summed E-state index contributed by atoms with van der Waals surface area (Å²) < 4.78 is 0. The highest BCUT2D eigenvalue weighted by Gasteiger charge is 2.49. The van der Waals surface area contributed by atoms with Gasteiger partial charge in [0.15, 0.2) is 0 Å². The highest BCUT2D eigenvalue weighted by atomic mass is 16.3. The van der Waals surface area contributed by atoms with Crippen molar-refractivity contribution in [1.82, 2.24) is 0 Å². The van der Waals surface area contributed by atoms with Crippen molar-refractivity contribution in [3.63, 3.8) is 0 Å². The van der Waals surface area contributed by atoms with Gasteiger partial charge in [0.2, 0.25) is 0 Å². The molecule has 2 N–H and O–H groups in total. The zero-order chi connectivity index (χ0) is 14.2. The Morgan fingerprint density at radius 1 is 1.21 bits per heavy atom. The van der Waals surface area contributed by atoms with E-state index in [4.69, 9.17) is 0 Å². The number of allylic oxidation sites excluding steroid dienone is 2. The first kappa shape index (κ1) is 15.1. The van der Waals surface area contributed by atoms with Crippen molar-refractivity contribution < 1.29 is 10.2 Å². The van der Waals surface area contributed by atoms with Crippen LogP contribution in [0, 0.1) is 35.5 Å². The maximum atomic E-state index is 10.3. The third kappa shape index (κ3) is 2.62. The van der Waals surface area contributed by atoms with Gasteiger partial charge in [0, 0.05) is 6.61 Å². The van der Waals surface area contributed by atoms with Gasteiger partial charge in [-0.05, 0) is 68.6 Å². The predicted octanol–water partition coefficient (Wildman–Crippen LogP) is 3.24. The van der Waals surface area contributed by atoms with Crippen LogP contribution in [0.5, 0.6) is 0 Å². The Hall–Kier alpha value is -0.340. The van der Waals surface area contributed by atoms with Gasteiger partial charge in [0.25, 0.3) is 0 Å². The fourth-order valence-electron chi connectivity index (χ4n) is 5.02. The first-order valence-electron chi connectivity index (χ1n) is 7.93. The molecule has 2 rings (SSSR count). The van der Waals surface area contributed by atoms with E-state index in [1.165, 1.54) is 5.57 Å². The lowest BCUT2D eigenvalue weighted by molar-refractivity contribution is -0.0864. The standard InChI is InChI=1S/C17H30O2/c1-5-10(2)16-12(4)8-13-15(19)7-6-11(3)17(13)14(16)9-18/h5,11-19H,6-9H2,1-4H3/b10-5-/t11-,12-,13-,14+,15-,16?,17+/m0/s1. The minimum atomic E-state index is -0.149. The van der Waals surface area contributed by atoms with Gasteiger partial charge in [0.1, 0.15) is 0 Å². The molecule has 1 unspecified atom stereocenters. The second kappa shape index (κ2) is 5.97. The molecule has 0 heterocycles. The number of aliphatic hydroxyl groups is 2. The SMILES string of the molecule is C/C=C(/C)C1[C@@H](CO)[C@H]2[C@@H](C[C@@H]1C)[C@@H](O)CC[C@@H]2C. The average molecular weight is 266 g/mol. The van der Waals surface area contributed by atoms with Gasteiger partial charge in [0.05, 0.1) is 6.10 Å². The summed E-state index contributed by atoms with van der Waals surface area (Å²) in [5.74, 6) is 2.90. The van der Waals surface area contributed by atoms with E-state index in [0.29, 0.717) is 35.5 Å². The lowest BCUT2D eigenvalue weighted by Crippen LogP contribution is -2.50. The normalized spacial score (nSPS) is 47.9. The Morgan fingerprint density at radius 2 is 1.89 bits per heavy atom. The first-order chi connectivity index (χ1) is 9.01. The number of rotatable bonds is 2. The summed E-state index contributed by atoms with van der Waals surface area (Å²) in [5.41, 5.74) is 1.41. The van der Waals surface area contributed by atoms with E-state index in [1.54, 1.807) is 0 Å². The maximum Gasteiger partial charge on any atom is 0.0571 e. The van der Waals surface area contributed by atoms with Gasteiger partial charge < -0.3 is 10.2 Å².